The molecule has 5 nitrogen and oxygen atoms in total. The van der Waals surface area contributed by atoms with Crippen molar-refractivity contribution >= 4 is 17.5 Å². The number of halogens is 1. The number of hydrogen-bond acceptors (Lipinski definition) is 3. The largest absolute Gasteiger partial charge is 0.348 e. The van der Waals surface area contributed by atoms with Crippen molar-refractivity contribution in [1.82, 2.24) is 10.3 Å². The van der Waals surface area contributed by atoms with Gasteiger partial charge in [0, 0.05) is 19.3 Å². The lowest BCUT2D eigenvalue weighted by Crippen LogP contribution is -2.37. The summed E-state index contributed by atoms with van der Waals surface area (Å²) < 4.78 is 13.1. The number of hydrogen-bond donors (Lipinski definition) is 1. The number of fused-ring (bicyclic) bond motifs is 1. The van der Waals surface area contributed by atoms with Crippen LogP contribution >= 0.6 is 0 Å². The van der Waals surface area contributed by atoms with E-state index in [4.69, 9.17) is 0 Å². The van der Waals surface area contributed by atoms with Gasteiger partial charge in [-0.25, -0.2) is 4.39 Å². The third-order valence-electron chi connectivity index (χ3n) is 5.96. The maximum absolute atomic E-state index is 13.1. The van der Waals surface area contributed by atoms with Crippen molar-refractivity contribution in [2.75, 3.05) is 11.4 Å². The van der Waals surface area contributed by atoms with Gasteiger partial charge in [-0.2, -0.15) is 0 Å². The second-order valence-electron chi connectivity index (χ2n) is 8.72. The predicted octanol–water partition coefficient (Wildman–Crippen LogP) is 4.80. The van der Waals surface area contributed by atoms with E-state index >= 15 is 0 Å². The Morgan fingerprint density at radius 3 is 2.45 bits per heavy atom. The molecule has 0 radical (unpaired) electrons. The summed E-state index contributed by atoms with van der Waals surface area (Å²) in [6, 6.07) is 15.9. The van der Waals surface area contributed by atoms with E-state index in [9.17, 15) is 14.0 Å². The van der Waals surface area contributed by atoms with Crippen LogP contribution in [0.1, 0.15) is 58.9 Å². The third-order valence-corrected chi connectivity index (χ3v) is 5.96. The summed E-state index contributed by atoms with van der Waals surface area (Å²) in [5.41, 5.74) is 4.96. The van der Waals surface area contributed by atoms with Gasteiger partial charge in [0.2, 0.25) is 5.91 Å². The lowest BCUT2D eigenvalue weighted by molar-refractivity contribution is -0.118. The standard InChI is InChI=1S/C27H28FN3O2/c1-18(2)21-9-5-19(6-10-21)14-26(32)31-13-3-4-24-25(31)15-22(17-29-24)27(33)30-16-20-7-11-23(28)12-8-20/h5-12,15,17-18H,3-4,13-14,16H2,1-2H3,(H,30,33). The molecule has 0 spiro atoms. The summed E-state index contributed by atoms with van der Waals surface area (Å²) in [5, 5.41) is 2.83. The minimum atomic E-state index is -0.315. The van der Waals surface area contributed by atoms with Gasteiger partial charge < -0.3 is 10.2 Å². The highest BCUT2D eigenvalue weighted by Gasteiger charge is 2.25. The lowest BCUT2D eigenvalue weighted by atomic mass is 10.00. The minimum absolute atomic E-state index is 0.00100. The van der Waals surface area contributed by atoms with Crippen molar-refractivity contribution < 1.29 is 14.0 Å². The molecule has 3 aromatic rings. The number of aromatic nitrogens is 1. The second-order valence-corrected chi connectivity index (χ2v) is 8.72. The molecule has 1 aliphatic rings. The zero-order chi connectivity index (χ0) is 23.4. The molecule has 6 heteroatoms. The van der Waals surface area contributed by atoms with Crippen molar-refractivity contribution in [3.63, 3.8) is 0 Å². The molecule has 0 fully saturated rings. The molecule has 1 N–H and O–H groups in total. The first-order chi connectivity index (χ1) is 15.9. The van der Waals surface area contributed by atoms with E-state index in [1.54, 1.807) is 29.3 Å². The van der Waals surface area contributed by atoms with Crippen LogP contribution in [-0.2, 0) is 24.2 Å². The van der Waals surface area contributed by atoms with Crippen molar-refractivity contribution in [3.8, 4) is 0 Å². The first-order valence-corrected chi connectivity index (χ1v) is 11.3. The molecule has 2 amide bonds. The number of benzene rings is 2. The van der Waals surface area contributed by atoms with Crippen LogP contribution in [0.4, 0.5) is 10.1 Å². The summed E-state index contributed by atoms with van der Waals surface area (Å²) in [6.45, 7) is 5.18. The van der Waals surface area contributed by atoms with Gasteiger partial charge in [-0.1, -0.05) is 50.2 Å². The minimum Gasteiger partial charge on any atom is -0.348 e. The van der Waals surface area contributed by atoms with Crippen LogP contribution in [0.2, 0.25) is 0 Å². The molecule has 0 unspecified atom stereocenters. The molecule has 4 rings (SSSR count). The Hall–Kier alpha value is -3.54. The predicted molar refractivity (Wildman–Crippen MR) is 127 cm³/mol. The Balaban J connectivity index is 1.47. The summed E-state index contributed by atoms with van der Waals surface area (Å²) in [4.78, 5) is 32.1. The van der Waals surface area contributed by atoms with Gasteiger partial charge in [-0.05, 0) is 53.6 Å². The molecule has 0 aliphatic carbocycles. The van der Waals surface area contributed by atoms with Gasteiger partial charge in [0.05, 0.1) is 23.4 Å². The van der Waals surface area contributed by atoms with E-state index in [-0.39, 0.29) is 24.2 Å². The summed E-state index contributed by atoms with van der Waals surface area (Å²) in [7, 11) is 0. The number of carbonyl (C=O) groups is 2. The van der Waals surface area contributed by atoms with Gasteiger partial charge >= 0.3 is 0 Å². The van der Waals surface area contributed by atoms with E-state index in [2.05, 4.69) is 36.3 Å². The average Bonchev–Trinajstić information content (AvgIpc) is 2.83. The third kappa shape index (κ3) is 5.45. The number of amides is 2. The Bertz CT molecular complexity index is 1140. The molecule has 0 saturated heterocycles. The topological polar surface area (TPSA) is 62.3 Å². The summed E-state index contributed by atoms with van der Waals surface area (Å²) in [6.07, 6.45) is 3.48. The van der Waals surface area contributed by atoms with Crippen LogP contribution in [0.25, 0.3) is 0 Å². The molecular formula is C27H28FN3O2. The average molecular weight is 446 g/mol. The fourth-order valence-corrected chi connectivity index (χ4v) is 3.99. The van der Waals surface area contributed by atoms with Crippen LogP contribution in [0, 0.1) is 5.82 Å². The van der Waals surface area contributed by atoms with E-state index in [0.29, 0.717) is 30.1 Å². The van der Waals surface area contributed by atoms with Crippen molar-refractivity contribution in [1.29, 1.82) is 0 Å². The first-order valence-electron chi connectivity index (χ1n) is 11.3. The number of aryl methyl sites for hydroxylation is 1. The van der Waals surface area contributed by atoms with Crippen LogP contribution in [-0.4, -0.2) is 23.3 Å². The number of carbonyl (C=O) groups excluding carboxylic acids is 2. The zero-order valence-electron chi connectivity index (χ0n) is 19.0. The van der Waals surface area contributed by atoms with Gasteiger partial charge in [0.15, 0.2) is 0 Å². The van der Waals surface area contributed by atoms with Crippen LogP contribution in [0.3, 0.4) is 0 Å². The highest BCUT2D eigenvalue weighted by atomic mass is 19.1. The van der Waals surface area contributed by atoms with Crippen LogP contribution in [0.5, 0.6) is 0 Å². The van der Waals surface area contributed by atoms with Gasteiger partial charge in [-0.3, -0.25) is 14.6 Å². The Labute approximate surface area is 193 Å². The maximum Gasteiger partial charge on any atom is 0.253 e. The van der Waals surface area contributed by atoms with Crippen LogP contribution in [0.15, 0.2) is 60.8 Å². The van der Waals surface area contributed by atoms with E-state index in [1.165, 1.54) is 17.7 Å². The number of nitrogens with zero attached hydrogens (tertiary/aromatic N) is 2. The number of nitrogens with one attached hydrogen (secondary N) is 1. The number of rotatable bonds is 6. The summed E-state index contributed by atoms with van der Waals surface area (Å²) in [5.74, 6) is -0.150. The van der Waals surface area contributed by atoms with E-state index in [0.717, 1.165) is 29.7 Å². The quantitative estimate of drug-likeness (QED) is 0.593. The number of pyridine rings is 1. The molecule has 0 atom stereocenters. The Morgan fingerprint density at radius 1 is 1.06 bits per heavy atom. The van der Waals surface area contributed by atoms with Crippen molar-refractivity contribution in [2.24, 2.45) is 0 Å². The maximum atomic E-state index is 13.1. The normalized spacial score (nSPS) is 13.0. The van der Waals surface area contributed by atoms with Crippen molar-refractivity contribution in [3.05, 3.63) is 94.6 Å². The molecule has 1 aliphatic heterocycles. The second kappa shape index (κ2) is 9.94. The highest BCUT2D eigenvalue weighted by molar-refractivity contribution is 5.99. The highest BCUT2D eigenvalue weighted by Crippen LogP contribution is 2.27. The van der Waals surface area contributed by atoms with E-state index in [1.807, 2.05) is 12.1 Å². The van der Waals surface area contributed by atoms with E-state index < -0.39 is 0 Å². The first kappa shape index (κ1) is 22.6. The van der Waals surface area contributed by atoms with Gasteiger partial charge in [0.1, 0.15) is 5.82 Å². The molecule has 0 bridgehead atoms. The lowest BCUT2D eigenvalue weighted by Gasteiger charge is -2.29. The smallest absolute Gasteiger partial charge is 0.253 e. The molecular weight excluding hydrogens is 417 g/mol. The molecule has 170 valence electrons. The fourth-order valence-electron chi connectivity index (χ4n) is 3.99. The SMILES string of the molecule is CC(C)c1ccc(CC(=O)N2CCCc3ncc(C(=O)NCc4ccc(F)cc4)cc32)cc1. The van der Waals surface area contributed by atoms with Crippen molar-refractivity contribution in [2.45, 2.75) is 45.6 Å². The molecule has 0 saturated carbocycles. The molecule has 2 aromatic carbocycles. The number of anilines is 1. The summed E-state index contributed by atoms with van der Waals surface area (Å²) >= 11 is 0. The zero-order valence-corrected chi connectivity index (χ0v) is 19.0. The Morgan fingerprint density at radius 2 is 1.76 bits per heavy atom. The molecule has 33 heavy (non-hydrogen) atoms. The van der Waals surface area contributed by atoms with Crippen LogP contribution < -0.4 is 10.2 Å². The Kier molecular flexibility index (Phi) is 6.82. The fraction of sp³-hybridized carbons (Fsp3) is 0.296. The molecule has 1 aromatic heterocycles. The van der Waals surface area contributed by atoms with Gasteiger partial charge in [-0.15, -0.1) is 0 Å². The monoisotopic (exact) mass is 445 g/mol. The molecule has 2 heterocycles. The van der Waals surface area contributed by atoms with Gasteiger partial charge in [0.25, 0.3) is 5.91 Å².